The minimum Gasteiger partial charge on any atom is -0.508 e. The van der Waals surface area contributed by atoms with Gasteiger partial charge in [-0.25, -0.2) is 0 Å². The van der Waals surface area contributed by atoms with Gasteiger partial charge in [0.2, 0.25) is 0 Å². The Morgan fingerprint density at radius 3 is 2.53 bits per heavy atom. The maximum Gasteiger partial charge on any atom is 0.257 e. The summed E-state index contributed by atoms with van der Waals surface area (Å²) in [6.07, 6.45) is 0. The highest BCUT2D eigenvalue weighted by molar-refractivity contribution is 6.35. The van der Waals surface area contributed by atoms with E-state index >= 15 is 0 Å². The van der Waals surface area contributed by atoms with Crippen LogP contribution in [-0.2, 0) is 0 Å². The maximum atomic E-state index is 12.0. The zero-order chi connectivity index (χ0) is 14.0. The van der Waals surface area contributed by atoms with Crippen molar-refractivity contribution in [2.24, 2.45) is 0 Å². The van der Waals surface area contributed by atoms with Gasteiger partial charge in [-0.15, -0.1) is 0 Å². The third-order valence-corrected chi connectivity index (χ3v) is 3.11. The number of hydrogen-bond acceptors (Lipinski definition) is 3. The zero-order valence-corrected chi connectivity index (χ0v) is 11.2. The Bertz CT molecular complexity index is 645. The number of aromatic hydroxyl groups is 1. The van der Waals surface area contributed by atoms with Gasteiger partial charge in [-0.1, -0.05) is 23.2 Å². The SMILES string of the molecule is Nc1ccc(NC(=O)c2cc(O)ccc2Cl)cc1Cl. The Morgan fingerprint density at radius 2 is 1.84 bits per heavy atom. The van der Waals surface area contributed by atoms with Crippen molar-refractivity contribution < 1.29 is 9.90 Å². The summed E-state index contributed by atoms with van der Waals surface area (Å²) in [6.45, 7) is 0. The molecule has 0 fully saturated rings. The summed E-state index contributed by atoms with van der Waals surface area (Å²) >= 11 is 11.8. The van der Waals surface area contributed by atoms with Gasteiger partial charge in [0.15, 0.2) is 0 Å². The summed E-state index contributed by atoms with van der Waals surface area (Å²) in [7, 11) is 0. The number of nitrogens with two attached hydrogens (primary N) is 1. The van der Waals surface area contributed by atoms with Crippen molar-refractivity contribution in [3.05, 3.63) is 52.0 Å². The Balaban J connectivity index is 2.25. The molecular weight excluding hydrogens is 287 g/mol. The average Bonchev–Trinajstić information content (AvgIpc) is 2.36. The second-order valence-corrected chi connectivity index (χ2v) is 4.67. The van der Waals surface area contributed by atoms with Gasteiger partial charge in [-0.05, 0) is 36.4 Å². The van der Waals surface area contributed by atoms with Crippen LogP contribution in [0.1, 0.15) is 10.4 Å². The van der Waals surface area contributed by atoms with Crippen molar-refractivity contribution in [3.8, 4) is 5.75 Å². The van der Waals surface area contributed by atoms with Crippen LogP contribution < -0.4 is 11.1 Å². The fourth-order valence-corrected chi connectivity index (χ4v) is 1.87. The van der Waals surface area contributed by atoms with Crippen LogP contribution in [0.5, 0.6) is 5.75 Å². The van der Waals surface area contributed by atoms with Crippen LogP contribution in [0, 0.1) is 0 Å². The van der Waals surface area contributed by atoms with Crippen molar-refractivity contribution in [2.75, 3.05) is 11.1 Å². The topological polar surface area (TPSA) is 75.3 Å². The number of benzene rings is 2. The first kappa shape index (κ1) is 13.5. The first-order chi connectivity index (χ1) is 8.97. The largest absolute Gasteiger partial charge is 0.508 e. The number of phenols is 1. The van der Waals surface area contributed by atoms with Crippen LogP contribution in [-0.4, -0.2) is 11.0 Å². The quantitative estimate of drug-likeness (QED) is 0.742. The third-order valence-electron chi connectivity index (χ3n) is 2.45. The molecule has 0 aliphatic heterocycles. The van der Waals surface area contributed by atoms with Gasteiger partial charge in [-0.3, -0.25) is 4.79 Å². The summed E-state index contributed by atoms with van der Waals surface area (Å²) in [4.78, 5) is 12.0. The van der Waals surface area contributed by atoms with E-state index in [-0.39, 0.29) is 16.3 Å². The minimum atomic E-state index is -0.443. The molecule has 0 unspecified atom stereocenters. The molecule has 4 nitrogen and oxygen atoms in total. The zero-order valence-electron chi connectivity index (χ0n) is 9.65. The van der Waals surface area contributed by atoms with E-state index in [1.54, 1.807) is 12.1 Å². The van der Waals surface area contributed by atoms with Crippen LogP contribution in [0.4, 0.5) is 11.4 Å². The molecule has 6 heteroatoms. The molecule has 0 spiro atoms. The number of carbonyl (C=O) groups excluding carboxylic acids is 1. The molecule has 0 saturated carbocycles. The van der Waals surface area contributed by atoms with Crippen molar-refractivity contribution in [3.63, 3.8) is 0 Å². The van der Waals surface area contributed by atoms with Gasteiger partial charge in [0.05, 0.1) is 21.3 Å². The van der Waals surface area contributed by atoms with Crippen molar-refractivity contribution in [2.45, 2.75) is 0 Å². The predicted molar refractivity (Wildman–Crippen MR) is 76.9 cm³/mol. The third kappa shape index (κ3) is 3.10. The number of rotatable bonds is 2. The highest BCUT2D eigenvalue weighted by atomic mass is 35.5. The first-order valence-corrected chi connectivity index (χ1v) is 6.08. The van der Waals surface area contributed by atoms with E-state index in [2.05, 4.69) is 5.32 Å². The monoisotopic (exact) mass is 296 g/mol. The Hall–Kier alpha value is -1.91. The normalized spacial score (nSPS) is 10.2. The van der Waals surface area contributed by atoms with E-state index in [0.29, 0.717) is 16.4 Å². The summed E-state index contributed by atoms with van der Waals surface area (Å²) in [5.74, 6) is -0.480. The molecule has 0 radical (unpaired) electrons. The number of amides is 1. The fraction of sp³-hybridized carbons (Fsp3) is 0. The lowest BCUT2D eigenvalue weighted by Crippen LogP contribution is -2.12. The van der Waals surface area contributed by atoms with E-state index in [0.717, 1.165) is 0 Å². The number of hydrogen-bond donors (Lipinski definition) is 3. The molecule has 2 aromatic carbocycles. The summed E-state index contributed by atoms with van der Waals surface area (Å²) in [5, 5.41) is 12.6. The van der Waals surface area contributed by atoms with Crippen molar-refractivity contribution >= 4 is 40.5 Å². The van der Waals surface area contributed by atoms with E-state index in [1.807, 2.05) is 0 Å². The number of anilines is 2. The molecule has 19 heavy (non-hydrogen) atoms. The number of carbonyl (C=O) groups is 1. The van der Waals surface area contributed by atoms with Gasteiger partial charge in [-0.2, -0.15) is 0 Å². The van der Waals surface area contributed by atoms with Gasteiger partial charge in [0, 0.05) is 5.69 Å². The molecule has 4 N–H and O–H groups in total. The Morgan fingerprint density at radius 1 is 1.11 bits per heavy atom. The van der Waals surface area contributed by atoms with Crippen LogP contribution >= 0.6 is 23.2 Å². The Kier molecular flexibility index (Phi) is 3.83. The lowest BCUT2D eigenvalue weighted by Gasteiger charge is -2.08. The number of nitrogen functional groups attached to an aromatic ring is 1. The molecule has 0 aliphatic rings. The van der Waals surface area contributed by atoms with E-state index in [4.69, 9.17) is 28.9 Å². The number of phenolic OH excluding ortho intramolecular Hbond substituents is 1. The van der Waals surface area contributed by atoms with Crippen LogP contribution in [0.25, 0.3) is 0 Å². The van der Waals surface area contributed by atoms with E-state index in [9.17, 15) is 9.90 Å². The van der Waals surface area contributed by atoms with E-state index < -0.39 is 5.91 Å². The standard InChI is InChI=1S/C13H10Cl2N2O2/c14-10-3-2-8(18)6-9(10)13(19)17-7-1-4-12(16)11(15)5-7/h1-6,18H,16H2,(H,17,19). The fourth-order valence-electron chi connectivity index (χ4n) is 1.49. The highest BCUT2D eigenvalue weighted by Crippen LogP contribution is 2.25. The molecule has 0 atom stereocenters. The molecule has 0 aromatic heterocycles. The summed E-state index contributed by atoms with van der Waals surface area (Å²) < 4.78 is 0. The van der Waals surface area contributed by atoms with Gasteiger partial charge in [0.1, 0.15) is 5.75 Å². The van der Waals surface area contributed by atoms with Gasteiger partial charge < -0.3 is 16.2 Å². The lowest BCUT2D eigenvalue weighted by molar-refractivity contribution is 0.102. The number of halogens is 2. The number of nitrogens with one attached hydrogen (secondary N) is 1. The average molecular weight is 297 g/mol. The molecule has 2 aromatic rings. The molecule has 1 amide bonds. The second-order valence-electron chi connectivity index (χ2n) is 3.85. The van der Waals surface area contributed by atoms with Gasteiger partial charge in [0.25, 0.3) is 5.91 Å². The Labute approximate surface area is 119 Å². The van der Waals surface area contributed by atoms with E-state index in [1.165, 1.54) is 24.3 Å². The molecule has 0 heterocycles. The first-order valence-electron chi connectivity index (χ1n) is 5.32. The summed E-state index contributed by atoms with van der Waals surface area (Å²) in [5.41, 5.74) is 6.67. The molecule has 0 saturated heterocycles. The lowest BCUT2D eigenvalue weighted by atomic mass is 10.2. The molecule has 98 valence electrons. The molecule has 2 rings (SSSR count). The van der Waals surface area contributed by atoms with Crippen LogP contribution in [0.3, 0.4) is 0 Å². The molecule has 0 aliphatic carbocycles. The summed E-state index contributed by atoms with van der Waals surface area (Å²) in [6, 6.07) is 8.88. The smallest absolute Gasteiger partial charge is 0.257 e. The van der Waals surface area contributed by atoms with Crippen molar-refractivity contribution in [1.29, 1.82) is 0 Å². The van der Waals surface area contributed by atoms with Crippen molar-refractivity contribution in [1.82, 2.24) is 0 Å². The molecular formula is C13H10Cl2N2O2. The molecule has 0 bridgehead atoms. The second kappa shape index (κ2) is 5.38. The van der Waals surface area contributed by atoms with Crippen LogP contribution in [0.2, 0.25) is 10.0 Å². The highest BCUT2D eigenvalue weighted by Gasteiger charge is 2.12. The van der Waals surface area contributed by atoms with Gasteiger partial charge >= 0.3 is 0 Å². The maximum absolute atomic E-state index is 12.0. The van der Waals surface area contributed by atoms with Crippen LogP contribution in [0.15, 0.2) is 36.4 Å². The minimum absolute atomic E-state index is 0.0371. The predicted octanol–water partition coefficient (Wildman–Crippen LogP) is 3.53.